The maximum Gasteiger partial charge on any atom is 0.261 e. The number of aryl methyl sites for hydroxylation is 1. The molecule has 1 aromatic heterocycles. The van der Waals surface area contributed by atoms with Crippen LogP contribution in [0.15, 0.2) is 41.6 Å². The Balaban J connectivity index is 2.02. The van der Waals surface area contributed by atoms with Gasteiger partial charge in [-0.1, -0.05) is 6.07 Å². The van der Waals surface area contributed by atoms with Crippen LogP contribution in [0, 0.1) is 5.82 Å². The zero-order valence-corrected chi connectivity index (χ0v) is 12.5. The number of fused-ring (bicyclic) bond motifs is 1. The molecule has 0 spiro atoms. The Hall–Kier alpha value is -1.88. The highest BCUT2D eigenvalue weighted by molar-refractivity contribution is 7.98. The van der Waals surface area contributed by atoms with Crippen LogP contribution in [0.5, 0.6) is 0 Å². The van der Waals surface area contributed by atoms with Crippen LogP contribution >= 0.6 is 11.8 Å². The summed E-state index contributed by atoms with van der Waals surface area (Å²) in [4.78, 5) is 18.7. The third kappa shape index (κ3) is 2.65. The number of aromatic nitrogens is 1. The molecule has 2 aromatic rings. The molecule has 0 radical (unpaired) electrons. The van der Waals surface area contributed by atoms with Crippen molar-refractivity contribution >= 4 is 23.4 Å². The van der Waals surface area contributed by atoms with Gasteiger partial charge in [0, 0.05) is 12.7 Å². The fraction of sp³-hybridized carbons (Fsp3) is 0.250. The van der Waals surface area contributed by atoms with Gasteiger partial charge in [-0.05, 0) is 48.9 Å². The molecular formula is C16H15FN2OS. The van der Waals surface area contributed by atoms with Gasteiger partial charge in [-0.2, -0.15) is 0 Å². The zero-order chi connectivity index (χ0) is 14.8. The highest BCUT2D eigenvalue weighted by atomic mass is 32.2. The topological polar surface area (TPSA) is 33.2 Å². The fourth-order valence-corrected chi connectivity index (χ4v) is 3.16. The zero-order valence-electron chi connectivity index (χ0n) is 11.7. The van der Waals surface area contributed by atoms with E-state index in [0.29, 0.717) is 22.8 Å². The molecule has 0 fully saturated rings. The number of hydrogen-bond donors (Lipinski definition) is 0. The second kappa shape index (κ2) is 5.85. The van der Waals surface area contributed by atoms with Crippen molar-refractivity contribution < 1.29 is 9.18 Å². The predicted octanol–water partition coefficient (Wildman–Crippen LogP) is 3.54. The molecule has 2 heterocycles. The van der Waals surface area contributed by atoms with Crippen LogP contribution in [0.2, 0.25) is 0 Å². The lowest BCUT2D eigenvalue weighted by molar-refractivity contribution is 0.0981. The Morgan fingerprint density at radius 3 is 3.05 bits per heavy atom. The number of pyridine rings is 1. The molecule has 108 valence electrons. The van der Waals surface area contributed by atoms with Crippen molar-refractivity contribution in [1.29, 1.82) is 0 Å². The van der Waals surface area contributed by atoms with Crippen LogP contribution in [0.1, 0.15) is 22.3 Å². The summed E-state index contributed by atoms with van der Waals surface area (Å²) < 4.78 is 13.5. The van der Waals surface area contributed by atoms with Gasteiger partial charge in [0.15, 0.2) is 0 Å². The summed E-state index contributed by atoms with van der Waals surface area (Å²) in [6, 6.07) is 8.19. The quantitative estimate of drug-likeness (QED) is 0.796. The Kier molecular flexibility index (Phi) is 3.92. The first-order valence-corrected chi connectivity index (χ1v) is 8.02. The number of halogens is 1. The van der Waals surface area contributed by atoms with Gasteiger partial charge in [-0.3, -0.25) is 4.79 Å². The molecule has 0 aliphatic carbocycles. The van der Waals surface area contributed by atoms with E-state index in [-0.39, 0.29) is 11.7 Å². The molecule has 0 saturated carbocycles. The molecule has 0 atom stereocenters. The van der Waals surface area contributed by atoms with Crippen LogP contribution in [-0.4, -0.2) is 23.7 Å². The number of carbonyl (C=O) groups excluding carboxylic acids is 1. The Morgan fingerprint density at radius 2 is 2.24 bits per heavy atom. The lowest BCUT2D eigenvalue weighted by Crippen LogP contribution is -2.36. The number of thioether (sulfide) groups is 1. The van der Waals surface area contributed by atoms with E-state index < -0.39 is 0 Å². The molecule has 5 heteroatoms. The molecule has 1 aromatic carbocycles. The summed E-state index contributed by atoms with van der Waals surface area (Å²) >= 11 is 1.44. The van der Waals surface area contributed by atoms with Gasteiger partial charge in [0.25, 0.3) is 5.91 Å². The maximum absolute atomic E-state index is 13.5. The minimum atomic E-state index is -0.315. The summed E-state index contributed by atoms with van der Waals surface area (Å²) in [6.07, 6.45) is 5.33. The molecule has 0 N–H and O–H groups in total. The average Bonchev–Trinajstić information content (AvgIpc) is 2.53. The van der Waals surface area contributed by atoms with Gasteiger partial charge in [-0.15, -0.1) is 11.8 Å². The molecular weight excluding hydrogens is 287 g/mol. The molecule has 0 bridgehead atoms. The van der Waals surface area contributed by atoms with Crippen LogP contribution in [0.25, 0.3) is 0 Å². The largest absolute Gasteiger partial charge is 0.308 e. The number of anilines is 1. The van der Waals surface area contributed by atoms with Crippen molar-refractivity contribution in [3.63, 3.8) is 0 Å². The molecule has 21 heavy (non-hydrogen) atoms. The molecule has 3 rings (SSSR count). The van der Waals surface area contributed by atoms with E-state index in [2.05, 4.69) is 4.98 Å². The van der Waals surface area contributed by atoms with Crippen molar-refractivity contribution in [1.82, 2.24) is 4.98 Å². The standard InChI is InChI=1S/C16H15FN2OS/c1-21-15-13(5-2-8-18-15)16(20)19-9-3-4-11-6-7-12(17)10-14(11)19/h2,5-8,10H,3-4,9H2,1H3. The predicted molar refractivity (Wildman–Crippen MR) is 82.4 cm³/mol. The third-order valence-electron chi connectivity index (χ3n) is 3.61. The first-order chi connectivity index (χ1) is 10.2. The van der Waals surface area contributed by atoms with Crippen LogP contribution < -0.4 is 4.90 Å². The van der Waals surface area contributed by atoms with E-state index in [1.54, 1.807) is 29.3 Å². The van der Waals surface area contributed by atoms with E-state index in [0.717, 1.165) is 18.4 Å². The van der Waals surface area contributed by atoms with Crippen LogP contribution in [-0.2, 0) is 6.42 Å². The lowest BCUT2D eigenvalue weighted by Gasteiger charge is -2.29. The van der Waals surface area contributed by atoms with Crippen molar-refractivity contribution in [2.24, 2.45) is 0 Å². The fourth-order valence-electron chi connectivity index (χ4n) is 2.62. The molecule has 3 nitrogen and oxygen atoms in total. The van der Waals surface area contributed by atoms with Crippen molar-refractivity contribution in [3.8, 4) is 0 Å². The van der Waals surface area contributed by atoms with Crippen molar-refractivity contribution in [2.45, 2.75) is 17.9 Å². The Morgan fingerprint density at radius 1 is 1.38 bits per heavy atom. The Bertz CT molecular complexity index is 690. The first-order valence-electron chi connectivity index (χ1n) is 6.80. The highest BCUT2D eigenvalue weighted by Crippen LogP contribution is 2.30. The number of rotatable bonds is 2. The SMILES string of the molecule is CSc1ncccc1C(=O)N1CCCc2ccc(F)cc21. The van der Waals surface area contributed by atoms with Crippen molar-refractivity contribution in [2.75, 3.05) is 17.7 Å². The normalized spacial score (nSPS) is 13.9. The average molecular weight is 302 g/mol. The molecule has 1 amide bonds. The summed E-state index contributed by atoms with van der Waals surface area (Å²) in [5.74, 6) is -0.427. The number of carbonyl (C=O) groups is 1. The van der Waals surface area contributed by atoms with Gasteiger partial charge < -0.3 is 4.90 Å². The minimum Gasteiger partial charge on any atom is -0.308 e. The van der Waals surface area contributed by atoms with Crippen LogP contribution in [0.4, 0.5) is 10.1 Å². The number of benzene rings is 1. The smallest absolute Gasteiger partial charge is 0.261 e. The van der Waals surface area contributed by atoms with Gasteiger partial charge in [0.05, 0.1) is 11.3 Å². The van der Waals surface area contributed by atoms with Gasteiger partial charge >= 0.3 is 0 Å². The summed E-state index contributed by atoms with van der Waals surface area (Å²) in [5, 5.41) is 0.700. The van der Waals surface area contributed by atoms with E-state index >= 15 is 0 Å². The number of amides is 1. The number of hydrogen-bond acceptors (Lipinski definition) is 3. The molecule has 1 aliphatic rings. The maximum atomic E-state index is 13.5. The monoisotopic (exact) mass is 302 g/mol. The van der Waals surface area contributed by atoms with Gasteiger partial charge in [-0.25, -0.2) is 9.37 Å². The summed E-state index contributed by atoms with van der Waals surface area (Å²) in [7, 11) is 0. The summed E-state index contributed by atoms with van der Waals surface area (Å²) in [5.41, 5.74) is 2.27. The van der Waals surface area contributed by atoms with E-state index in [1.807, 2.05) is 6.26 Å². The second-order valence-corrected chi connectivity index (χ2v) is 5.69. The third-order valence-corrected chi connectivity index (χ3v) is 4.32. The number of nitrogens with zero attached hydrogens (tertiary/aromatic N) is 2. The highest BCUT2D eigenvalue weighted by Gasteiger charge is 2.25. The van der Waals surface area contributed by atoms with E-state index in [1.165, 1.54) is 23.9 Å². The van der Waals surface area contributed by atoms with Crippen LogP contribution in [0.3, 0.4) is 0 Å². The Labute approximate surface area is 127 Å². The molecule has 1 aliphatic heterocycles. The molecule has 0 saturated heterocycles. The lowest BCUT2D eigenvalue weighted by atomic mass is 10.0. The van der Waals surface area contributed by atoms with E-state index in [9.17, 15) is 9.18 Å². The first kappa shape index (κ1) is 14.1. The summed E-state index contributed by atoms with van der Waals surface area (Å²) in [6.45, 7) is 0.609. The van der Waals surface area contributed by atoms with Gasteiger partial charge in [0.1, 0.15) is 10.8 Å². The second-order valence-electron chi connectivity index (χ2n) is 4.89. The van der Waals surface area contributed by atoms with E-state index in [4.69, 9.17) is 0 Å². The minimum absolute atomic E-state index is 0.112. The molecule has 0 unspecified atom stereocenters. The van der Waals surface area contributed by atoms with Gasteiger partial charge in [0.2, 0.25) is 0 Å². The van der Waals surface area contributed by atoms with Crippen molar-refractivity contribution in [3.05, 3.63) is 53.5 Å².